The molecule has 0 saturated heterocycles. The summed E-state index contributed by atoms with van der Waals surface area (Å²) in [5.41, 5.74) is 2.28. The summed E-state index contributed by atoms with van der Waals surface area (Å²) in [6, 6.07) is 6.25. The van der Waals surface area contributed by atoms with Gasteiger partial charge in [-0.25, -0.2) is 0 Å². The highest BCUT2D eigenvalue weighted by molar-refractivity contribution is 5.93. The highest BCUT2D eigenvalue weighted by Gasteiger charge is 2.11. The Bertz CT molecular complexity index is 628. The van der Waals surface area contributed by atoms with Gasteiger partial charge in [0.15, 0.2) is 0 Å². The van der Waals surface area contributed by atoms with Gasteiger partial charge in [-0.15, -0.1) is 0 Å². The summed E-state index contributed by atoms with van der Waals surface area (Å²) in [6.45, 7) is 3.67. The van der Waals surface area contributed by atoms with E-state index >= 15 is 0 Å². The number of hydrogen-bond acceptors (Lipinski definition) is 5. The predicted octanol–water partition coefficient (Wildman–Crippen LogP) is 2.24. The molecule has 0 aliphatic carbocycles. The van der Waals surface area contributed by atoms with Crippen molar-refractivity contribution in [3.63, 3.8) is 0 Å². The molecule has 0 saturated carbocycles. The first kappa shape index (κ1) is 13.2. The predicted molar refractivity (Wildman–Crippen MR) is 73.3 cm³/mol. The zero-order valence-corrected chi connectivity index (χ0v) is 10.8. The number of hydrogen-bond donors (Lipinski definition) is 2. The molecule has 0 aliphatic heterocycles. The lowest BCUT2D eigenvalue weighted by atomic mass is 10.1. The Hall–Kier alpha value is -2.21. The van der Waals surface area contributed by atoms with Gasteiger partial charge in [-0.3, -0.25) is 15.1 Å². The average Bonchev–Trinajstić information content (AvgIpc) is 2.37. The van der Waals surface area contributed by atoms with E-state index in [0.29, 0.717) is 10.9 Å². The quantitative estimate of drug-likeness (QED) is 0.651. The summed E-state index contributed by atoms with van der Waals surface area (Å²) in [5, 5.41) is 23.7. The van der Waals surface area contributed by atoms with Crippen molar-refractivity contribution in [3.8, 4) is 0 Å². The third kappa shape index (κ3) is 2.79. The van der Waals surface area contributed by atoms with Gasteiger partial charge in [0.25, 0.3) is 5.69 Å². The number of pyridine rings is 1. The summed E-state index contributed by atoms with van der Waals surface area (Å²) < 4.78 is 0. The lowest BCUT2D eigenvalue weighted by Crippen LogP contribution is -2.19. The number of benzene rings is 1. The summed E-state index contributed by atoms with van der Waals surface area (Å²) in [6.07, 6.45) is 0. The van der Waals surface area contributed by atoms with Crippen LogP contribution in [0.25, 0.3) is 10.9 Å². The molecule has 0 aliphatic rings. The number of aliphatic hydroxyl groups is 1. The molecule has 0 fully saturated rings. The Morgan fingerprint density at radius 3 is 2.84 bits per heavy atom. The average molecular weight is 261 g/mol. The largest absolute Gasteiger partial charge is 0.394 e. The van der Waals surface area contributed by atoms with Crippen LogP contribution < -0.4 is 5.32 Å². The highest BCUT2D eigenvalue weighted by Crippen LogP contribution is 2.27. The Morgan fingerprint density at radius 1 is 1.47 bits per heavy atom. The fourth-order valence-electron chi connectivity index (χ4n) is 1.89. The summed E-state index contributed by atoms with van der Waals surface area (Å²) >= 11 is 0. The molecule has 0 unspecified atom stereocenters. The van der Waals surface area contributed by atoms with Crippen LogP contribution in [0.1, 0.15) is 12.6 Å². The van der Waals surface area contributed by atoms with Crippen molar-refractivity contribution in [3.05, 3.63) is 40.1 Å². The zero-order valence-electron chi connectivity index (χ0n) is 10.8. The van der Waals surface area contributed by atoms with Gasteiger partial charge >= 0.3 is 0 Å². The molecule has 6 nitrogen and oxygen atoms in total. The number of anilines is 1. The monoisotopic (exact) mass is 261 g/mol. The number of nitrogens with zero attached hydrogens (tertiary/aromatic N) is 2. The first-order chi connectivity index (χ1) is 9.01. The molecule has 1 atom stereocenters. The van der Waals surface area contributed by atoms with Crippen molar-refractivity contribution in [1.29, 1.82) is 0 Å². The Balaban J connectivity index is 2.59. The van der Waals surface area contributed by atoms with Crippen molar-refractivity contribution in [2.75, 3.05) is 11.9 Å². The van der Waals surface area contributed by atoms with Gasteiger partial charge in [0.05, 0.1) is 17.0 Å². The Morgan fingerprint density at radius 2 is 2.21 bits per heavy atom. The second kappa shape index (κ2) is 5.19. The zero-order chi connectivity index (χ0) is 14.0. The number of rotatable bonds is 4. The molecule has 19 heavy (non-hydrogen) atoms. The number of fused-ring (bicyclic) bond motifs is 1. The smallest absolute Gasteiger partial charge is 0.270 e. The van der Waals surface area contributed by atoms with Crippen LogP contribution in [0.15, 0.2) is 24.3 Å². The van der Waals surface area contributed by atoms with Gasteiger partial charge in [-0.1, -0.05) is 0 Å². The van der Waals surface area contributed by atoms with E-state index in [-0.39, 0.29) is 18.3 Å². The molecule has 2 aromatic rings. The lowest BCUT2D eigenvalue weighted by Gasteiger charge is -2.15. The molecule has 0 radical (unpaired) electrons. The second-order valence-corrected chi connectivity index (χ2v) is 4.50. The highest BCUT2D eigenvalue weighted by atomic mass is 16.6. The van der Waals surface area contributed by atoms with E-state index in [1.165, 1.54) is 12.1 Å². The minimum Gasteiger partial charge on any atom is -0.394 e. The third-order valence-electron chi connectivity index (χ3n) is 2.81. The molecule has 0 amide bonds. The van der Waals surface area contributed by atoms with Gasteiger partial charge < -0.3 is 10.4 Å². The number of nitro benzene ring substituents is 1. The second-order valence-electron chi connectivity index (χ2n) is 4.50. The van der Waals surface area contributed by atoms with Crippen LogP contribution in [0.2, 0.25) is 0 Å². The van der Waals surface area contributed by atoms with Crippen LogP contribution in [0.5, 0.6) is 0 Å². The molecule has 6 heteroatoms. The van der Waals surface area contributed by atoms with Gasteiger partial charge in [0.2, 0.25) is 0 Å². The summed E-state index contributed by atoms with van der Waals surface area (Å²) in [4.78, 5) is 14.7. The minimum absolute atomic E-state index is 0.0161. The number of aryl methyl sites for hydroxylation is 1. The first-order valence-corrected chi connectivity index (χ1v) is 5.94. The number of non-ortho nitro benzene ring substituents is 1. The molecular weight excluding hydrogens is 246 g/mol. The van der Waals surface area contributed by atoms with Crippen molar-refractivity contribution in [2.24, 2.45) is 0 Å². The van der Waals surface area contributed by atoms with Crippen LogP contribution in [0.3, 0.4) is 0 Å². The van der Waals surface area contributed by atoms with E-state index in [9.17, 15) is 10.1 Å². The fraction of sp³-hybridized carbons (Fsp3) is 0.308. The molecule has 0 spiro atoms. The normalized spacial score (nSPS) is 12.4. The summed E-state index contributed by atoms with van der Waals surface area (Å²) in [5.74, 6) is 0. The minimum atomic E-state index is -0.432. The van der Waals surface area contributed by atoms with Gasteiger partial charge in [0.1, 0.15) is 0 Å². The maximum absolute atomic E-state index is 10.8. The van der Waals surface area contributed by atoms with Crippen molar-refractivity contribution in [1.82, 2.24) is 4.98 Å². The van der Waals surface area contributed by atoms with Crippen LogP contribution in [0, 0.1) is 17.0 Å². The Labute approximate surface area is 110 Å². The molecule has 0 bridgehead atoms. The molecule has 1 aromatic carbocycles. The van der Waals surface area contributed by atoms with Gasteiger partial charge in [-0.2, -0.15) is 0 Å². The SMILES string of the molecule is Cc1cc(N[C@H](C)CO)c2cc([N+](=O)[O-])ccc2n1. The van der Waals surface area contributed by atoms with Crippen LogP contribution >= 0.6 is 0 Å². The van der Waals surface area contributed by atoms with Crippen molar-refractivity contribution < 1.29 is 10.0 Å². The third-order valence-corrected chi connectivity index (χ3v) is 2.81. The molecule has 100 valence electrons. The van der Waals surface area contributed by atoms with E-state index in [4.69, 9.17) is 5.11 Å². The Kier molecular flexibility index (Phi) is 3.62. The van der Waals surface area contributed by atoms with Crippen molar-refractivity contribution >= 4 is 22.3 Å². The summed E-state index contributed by atoms with van der Waals surface area (Å²) in [7, 11) is 0. The number of nitro groups is 1. The van der Waals surface area contributed by atoms with E-state index < -0.39 is 4.92 Å². The molecule has 2 rings (SSSR count). The number of aromatic nitrogens is 1. The maximum atomic E-state index is 10.8. The molecule has 1 heterocycles. The number of aliphatic hydroxyl groups excluding tert-OH is 1. The van der Waals surface area contributed by atoms with Crippen LogP contribution in [0.4, 0.5) is 11.4 Å². The van der Waals surface area contributed by atoms with E-state index in [1.807, 2.05) is 19.9 Å². The topological polar surface area (TPSA) is 88.3 Å². The fourth-order valence-corrected chi connectivity index (χ4v) is 1.89. The van der Waals surface area contributed by atoms with Crippen LogP contribution in [-0.4, -0.2) is 27.7 Å². The molecule has 1 aromatic heterocycles. The van der Waals surface area contributed by atoms with E-state index in [0.717, 1.165) is 11.4 Å². The van der Waals surface area contributed by atoms with Gasteiger partial charge in [-0.05, 0) is 26.0 Å². The van der Waals surface area contributed by atoms with Crippen LogP contribution in [-0.2, 0) is 0 Å². The first-order valence-electron chi connectivity index (χ1n) is 5.94. The molecule has 2 N–H and O–H groups in total. The lowest BCUT2D eigenvalue weighted by molar-refractivity contribution is -0.384. The molecular formula is C13H15N3O3. The van der Waals surface area contributed by atoms with E-state index in [1.54, 1.807) is 6.07 Å². The van der Waals surface area contributed by atoms with Crippen molar-refractivity contribution in [2.45, 2.75) is 19.9 Å². The number of nitrogens with one attached hydrogen (secondary N) is 1. The standard InChI is InChI=1S/C13H15N3O3/c1-8-5-13(15-9(2)7-17)11-6-10(16(18)19)3-4-12(11)14-8/h3-6,9,17H,7H2,1-2H3,(H,14,15)/t9-/m1/s1. The maximum Gasteiger partial charge on any atom is 0.270 e. The van der Waals surface area contributed by atoms with Gasteiger partial charge in [0, 0.05) is 34.9 Å². The van der Waals surface area contributed by atoms with E-state index in [2.05, 4.69) is 10.3 Å².